The van der Waals surface area contributed by atoms with Gasteiger partial charge in [-0.05, 0) is 31.7 Å². The first kappa shape index (κ1) is 30.6. The van der Waals surface area contributed by atoms with Gasteiger partial charge in [0.2, 0.25) is 5.91 Å². The molecule has 0 saturated heterocycles. The van der Waals surface area contributed by atoms with Crippen LogP contribution in [-0.4, -0.2) is 67.4 Å². The van der Waals surface area contributed by atoms with Gasteiger partial charge in [-0.3, -0.25) is 23.9 Å². The topological polar surface area (TPSA) is 128 Å². The van der Waals surface area contributed by atoms with Crippen molar-refractivity contribution in [3.63, 3.8) is 0 Å². The van der Waals surface area contributed by atoms with E-state index >= 15 is 0 Å². The molecule has 0 fully saturated rings. The van der Waals surface area contributed by atoms with Crippen molar-refractivity contribution in [2.24, 2.45) is 0 Å². The highest BCUT2D eigenvalue weighted by atomic mass is 32.1. The van der Waals surface area contributed by atoms with Gasteiger partial charge in [0, 0.05) is 37.8 Å². The number of hydrogen-bond acceptors (Lipinski definition) is 8. The molecule has 0 saturated carbocycles. The number of carbonyl (C=O) groups excluding carboxylic acids is 2. The summed E-state index contributed by atoms with van der Waals surface area (Å²) in [5.41, 5.74) is -0.0412. The number of nitrogens with zero attached hydrogens (tertiary/aromatic N) is 3. The number of nitrogens with one attached hydrogen (secondary N) is 3. The molecular formula is C24H29F3N6O4S. The number of benzene rings is 1. The molecule has 0 aliphatic carbocycles. The molecule has 206 valence electrons. The number of amides is 2. The van der Waals surface area contributed by atoms with Gasteiger partial charge < -0.3 is 20.7 Å². The van der Waals surface area contributed by atoms with E-state index in [0.717, 1.165) is 15.9 Å². The molecular weight excluding hydrogens is 525 g/mol. The molecule has 0 unspecified atom stereocenters. The molecule has 2 aromatic rings. The maximum Gasteiger partial charge on any atom is 0.405 e. The van der Waals surface area contributed by atoms with Crippen LogP contribution in [0.2, 0.25) is 0 Å². The summed E-state index contributed by atoms with van der Waals surface area (Å²) in [5.74, 6) is -1.43. The fraction of sp³-hybridized carbons (Fsp3) is 0.417. The highest BCUT2D eigenvalue weighted by Crippen LogP contribution is 2.15. The lowest BCUT2D eigenvalue weighted by Gasteiger charge is -2.19. The Bertz CT molecular complexity index is 1350. The summed E-state index contributed by atoms with van der Waals surface area (Å²) < 4.78 is 43.7. The Morgan fingerprint density at radius 1 is 1.26 bits per heavy atom. The molecule has 1 aromatic heterocycles. The predicted molar refractivity (Wildman–Crippen MR) is 139 cm³/mol. The molecule has 0 spiro atoms. The molecule has 38 heavy (non-hydrogen) atoms. The lowest BCUT2D eigenvalue weighted by molar-refractivity contribution is -0.135. The van der Waals surface area contributed by atoms with Crippen molar-refractivity contribution in [3.05, 3.63) is 43.8 Å². The maximum absolute atomic E-state index is 12.8. The van der Waals surface area contributed by atoms with Gasteiger partial charge in [-0.2, -0.15) is 18.4 Å². The van der Waals surface area contributed by atoms with E-state index in [2.05, 4.69) is 10.6 Å². The molecule has 10 nitrogen and oxygen atoms in total. The Morgan fingerprint density at radius 3 is 2.58 bits per heavy atom. The zero-order valence-electron chi connectivity index (χ0n) is 21.1. The van der Waals surface area contributed by atoms with E-state index in [0.29, 0.717) is 31.1 Å². The third-order valence-corrected chi connectivity index (χ3v) is 6.30. The fourth-order valence-electron chi connectivity index (χ4n) is 3.27. The first-order valence-corrected chi connectivity index (χ1v) is 12.4. The van der Waals surface area contributed by atoms with Gasteiger partial charge in [0.15, 0.2) is 5.57 Å². The molecule has 3 N–H and O–H groups in total. The molecule has 2 amide bonds. The summed E-state index contributed by atoms with van der Waals surface area (Å²) in [5, 5.41) is 16.8. The van der Waals surface area contributed by atoms with Crippen LogP contribution < -0.4 is 30.7 Å². The van der Waals surface area contributed by atoms with Crippen LogP contribution in [0.4, 0.5) is 24.5 Å². The largest absolute Gasteiger partial charge is 0.405 e. The zero-order chi connectivity index (χ0) is 28.3. The standard InChI is InChI=1S/C24H29F3N6O4S/c1-4-32(9-10-37-3)14-20(34)31-17-8-6-7-16(11-17)29-13-19-22(36)33(5-2)23(38-19)18(12-28)21(35)30-15-24(25,26)27/h6-8,11,13,29H,4-5,9-10,14-15H2,1-3H3,(H,30,35)(H,31,34)/b19-13+,23-18-. The lowest BCUT2D eigenvalue weighted by Crippen LogP contribution is -2.37. The summed E-state index contributed by atoms with van der Waals surface area (Å²) in [6.45, 7) is 4.03. The SMILES string of the molecule is CCN(CCOC)CC(=O)Nc1cccc(N/C=c2/s/c(=C(/C#N)C(=O)NCC(F)(F)F)n(CC)c2=O)c1. The van der Waals surface area contributed by atoms with Gasteiger partial charge in [-0.25, -0.2) is 0 Å². The van der Waals surface area contributed by atoms with Crippen LogP contribution in [0, 0.1) is 11.3 Å². The third kappa shape index (κ3) is 9.02. The third-order valence-electron chi connectivity index (χ3n) is 5.17. The molecule has 0 aliphatic rings. The minimum Gasteiger partial charge on any atom is -0.383 e. The Morgan fingerprint density at radius 2 is 1.97 bits per heavy atom. The predicted octanol–water partition coefficient (Wildman–Crippen LogP) is 1.04. The van der Waals surface area contributed by atoms with Crippen LogP contribution in [0.5, 0.6) is 0 Å². The van der Waals surface area contributed by atoms with E-state index in [1.54, 1.807) is 49.7 Å². The van der Waals surface area contributed by atoms with Crippen LogP contribution in [0.3, 0.4) is 0 Å². The van der Waals surface area contributed by atoms with E-state index < -0.39 is 29.8 Å². The number of aromatic nitrogens is 1. The van der Waals surface area contributed by atoms with E-state index in [-0.39, 0.29) is 28.2 Å². The second-order valence-electron chi connectivity index (χ2n) is 7.88. The smallest absolute Gasteiger partial charge is 0.383 e. The van der Waals surface area contributed by atoms with Gasteiger partial charge >= 0.3 is 6.18 Å². The number of thiazole rings is 1. The minimum atomic E-state index is -4.65. The number of nitriles is 1. The van der Waals surface area contributed by atoms with Crippen LogP contribution in [0.25, 0.3) is 11.8 Å². The minimum absolute atomic E-state index is 0.0531. The Labute approximate surface area is 221 Å². The number of anilines is 2. The van der Waals surface area contributed by atoms with E-state index in [4.69, 9.17) is 4.74 Å². The quantitative estimate of drug-likeness (QED) is 0.358. The Kier molecular flexibility index (Phi) is 11.5. The molecule has 0 bridgehead atoms. The number of alkyl halides is 3. The Balaban J connectivity index is 2.27. The van der Waals surface area contributed by atoms with Crippen LogP contribution in [-0.2, 0) is 20.9 Å². The van der Waals surface area contributed by atoms with Gasteiger partial charge in [-0.1, -0.05) is 13.0 Å². The number of halogens is 3. The van der Waals surface area contributed by atoms with Crippen molar-refractivity contribution < 1.29 is 27.5 Å². The van der Waals surface area contributed by atoms with Gasteiger partial charge in [0.25, 0.3) is 11.5 Å². The number of likely N-dealkylation sites (N-methyl/N-ethyl adjacent to an activating group) is 1. The van der Waals surface area contributed by atoms with E-state index in [1.807, 2.05) is 11.8 Å². The summed E-state index contributed by atoms with van der Waals surface area (Å²) >= 11 is 0.800. The molecule has 1 heterocycles. The summed E-state index contributed by atoms with van der Waals surface area (Å²) in [7, 11) is 1.59. The maximum atomic E-state index is 12.8. The molecule has 0 atom stereocenters. The summed E-state index contributed by atoms with van der Waals surface area (Å²) in [6.07, 6.45) is -3.28. The number of methoxy groups -OCH3 is 1. The Hall–Kier alpha value is -3.67. The summed E-state index contributed by atoms with van der Waals surface area (Å²) in [4.78, 5) is 39.4. The van der Waals surface area contributed by atoms with Crippen molar-refractivity contribution in [2.75, 3.05) is 50.5 Å². The molecule has 0 aliphatic heterocycles. The van der Waals surface area contributed by atoms with E-state index in [1.165, 1.54) is 6.20 Å². The summed E-state index contributed by atoms with van der Waals surface area (Å²) in [6, 6.07) is 8.36. The second kappa shape index (κ2) is 14.3. The average Bonchev–Trinajstić information content (AvgIpc) is 3.18. The number of carbonyl (C=O) groups is 2. The van der Waals surface area contributed by atoms with Crippen LogP contribution >= 0.6 is 11.3 Å². The first-order chi connectivity index (χ1) is 18.0. The zero-order valence-corrected chi connectivity index (χ0v) is 22.0. The highest BCUT2D eigenvalue weighted by molar-refractivity contribution is 7.07. The van der Waals surface area contributed by atoms with Crippen molar-refractivity contribution in [2.45, 2.75) is 26.6 Å². The molecule has 2 rings (SSSR count). The number of ether oxygens (including phenoxy) is 1. The molecule has 1 aromatic carbocycles. The highest BCUT2D eigenvalue weighted by Gasteiger charge is 2.28. The van der Waals surface area contributed by atoms with Gasteiger partial charge in [-0.15, -0.1) is 11.3 Å². The second-order valence-corrected chi connectivity index (χ2v) is 8.92. The van der Waals surface area contributed by atoms with E-state index in [9.17, 15) is 32.8 Å². The van der Waals surface area contributed by atoms with Crippen LogP contribution in [0.15, 0.2) is 29.1 Å². The monoisotopic (exact) mass is 554 g/mol. The van der Waals surface area contributed by atoms with Gasteiger partial charge in [0.05, 0.1) is 13.2 Å². The fourth-order valence-corrected chi connectivity index (χ4v) is 4.35. The first-order valence-electron chi connectivity index (χ1n) is 11.6. The normalized spacial score (nSPS) is 12.7. The van der Waals surface area contributed by atoms with Crippen molar-refractivity contribution in [1.82, 2.24) is 14.8 Å². The van der Waals surface area contributed by atoms with Crippen molar-refractivity contribution in [3.8, 4) is 6.07 Å². The average molecular weight is 555 g/mol. The lowest BCUT2D eigenvalue weighted by atomic mass is 10.2. The molecule has 14 heteroatoms. The van der Waals surface area contributed by atoms with Gasteiger partial charge in [0.1, 0.15) is 21.8 Å². The molecule has 0 radical (unpaired) electrons. The number of rotatable bonds is 12. The van der Waals surface area contributed by atoms with Crippen molar-refractivity contribution >= 4 is 46.3 Å². The van der Waals surface area contributed by atoms with Crippen molar-refractivity contribution in [1.29, 1.82) is 5.26 Å². The number of hydrogen-bond donors (Lipinski definition) is 3. The van der Waals surface area contributed by atoms with Crippen LogP contribution in [0.1, 0.15) is 13.8 Å².